The van der Waals surface area contributed by atoms with Crippen LogP contribution >= 0.6 is 0 Å². The summed E-state index contributed by atoms with van der Waals surface area (Å²) in [4.78, 5) is 31.1. The van der Waals surface area contributed by atoms with Crippen LogP contribution in [0.4, 0.5) is 16.2 Å². The van der Waals surface area contributed by atoms with Crippen LogP contribution in [0.5, 0.6) is 11.5 Å². The zero-order valence-corrected chi connectivity index (χ0v) is 28.3. The van der Waals surface area contributed by atoms with Crippen LogP contribution in [-0.2, 0) is 11.3 Å². The van der Waals surface area contributed by atoms with Crippen molar-refractivity contribution >= 4 is 23.3 Å². The van der Waals surface area contributed by atoms with E-state index in [0.29, 0.717) is 42.4 Å². The maximum Gasteiger partial charge on any atom is 0.323 e. The molecule has 4 atom stereocenters. The molecule has 3 N–H and O–H groups in total. The van der Waals surface area contributed by atoms with Crippen molar-refractivity contribution in [3.63, 3.8) is 0 Å². The first-order valence-corrected chi connectivity index (χ1v) is 16.5. The Balaban J connectivity index is 1.57. The highest BCUT2D eigenvalue weighted by Gasteiger charge is 2.30. The quantitative estimate of drug-likeness (QED) is 0.251. The highest BCUT2D eigenvalue weighted by atomic mass is 16.5. The summed E-state index contributed by atoms with van der Waals surface area (Å²) in [5.41, 5.74) is 2.60. The fourth-order valence-electron chi connectivity index (χ4n) is 5.69. The number of hydrogen-bond acceptors (Lipinski definition) is 7. The fourth-order valence-corrected chi connectivity index (χ4v) is 5.69. The summed E-state index contributed by atoms with van der Waals surface area (Å²) in [6.07, 6.45) is 2.32. The fraction of sp³-hybridized carbons (Fsp3) is 0.459. The van der Waals surface area contributed by atoms with E-state index >= 15 is 0 Å². The molecule has 47 heavy (non-hydrogen) atoms. The number of rotatable bonds is 9. The molecule has 3 amide bonds. The number of hydrogen-bond donors (Lipinski definition) is 3. The van der Waals surface area contributed by atoms with E-state index < -0.39 is 12.1 Å². The molecule has 0 aromatic heterocycles. The number of para-hydroxylation sites is 1. The van der Waals surface area contributed by atoms with Crippen LogP contribution in [0.3, 0.4) is 0 Å². The molecular formula is C37H50N4O6. The lowest BCUT2D eigenvalue weighted by Gasteiger charge is -2.36. The van der Waals surface area contributed by atoms with Crippen molar-refractivity contribution in [1.82, 2.24) is 9.80 Å². The summed E-state index contributed by atoms with van der Waals surface area (Å²) in [6.45, 7) is 8.09. The second kappa shape index (κ2) is 17.7. The molecule has 0 spiro atoms. The number of nitrogens with one attached hydrogen (secondary N) is 2. The van der Waals surface area contributed by atoms with Crippen molar-refractivity contribution < 1.29 is 28.9 Å². The maximum atomic E-state index is 14.4. The van der Waals surface area contributed by atoms with E-state index in [1.807, 2.05) is 44.2 Å². The minimum Gasteiger partial charge on any atom is -0.497 e. The molecule has 1 heterocycles. The topological polar surface area (TPSA) is 113 Å². The molecule has 1 aliphatic heterocycles. The largest absolute Gasteiger partial charge is 0.497 e. The normalized spacial score (nSPS) is 20.0. The van der Waals surface area contributed by atoms with Gasteiger partial charge in [0.05, 0.1) is 37.5 Å². The summed E-state index contributed by atoms with van der Waals surface area (Å²) in [5, 5.41) is 15.9. The van der Waals surface area contributed by atoms with Gasteiger partial charge in [0.25, 0.3) is 5.91 Å². The van der Waals surface area contributed by atoms with E-state index in [1.165, 1.54) is 5.56 Å². The highest BCUT2D eigenvalue weighted by Crippen LogP contribution is 2.29. The Hall–Kier alpha value is -4.12. The zero-order valence-electron chi connectivity index (χ0n) is 28.3. The lowest BCUT2D eigenvalue weighted by Crippen LogP contribution is -2.47. The first kappa shape index (κ1) is 35.7. The predicted octanol–water partition coefficient (Wildman–Crippen LogP) is 6.27. The molecule has 0 unspecified atom stereocenters. The second-order valence-electron chi connectivity index (χ2n) is 12.5. The minimum atomic E-state index is -0.459. The molecule has 1 aliphatic rings. The van der Waals surface area contributed by atoms with Gasteiger partial charge in [0, 0.05) is 43.5 Å². The lowest BCUT2D eigenvalue weighted by molar-refractivity contribution is -0.0177. The molecule has 10 nitrogen and oxygen atoms in total. The average Bonchev–Trinajstić information content (AvgIpc) is 3.06. The standard InChI is InChI=1S/C37H50N4O6/c1-26-22-41(27(2)25-42)36(43)33-21-31(39-37(44)38-30-12-7-6-8-13-30)16-19-34(33)47-28(3)11-9-10-20-46-35(26)24-40(4)23-29-14-17-32(45-5)18-15-29/h6-8,12-19,21,26-28,35,42H,9-11,20,22-25H2,1-5H3,(H2,38,39,44)/t26-,27+,28+,35+/m1/s1. The second-order valence-corrected chi connectivity index (χ2v) is 12.5. The Morgan fingerprint density at radius 2 is 1.77 bits per heavy atom. The van der Waals surface area contributed by atoms with Gasteiger partial charge in [-0.1, -0.05) is 37.3 Å². The van der Waals surface area contributed by atoms with Gasteiger partial charge < -0.3 is 34.9 Å². The molecule has 0 aliphatic carbocycles. The molecule has 0 radical (unpaired) electrons. The maximum absolute atomic E-state index is 14.4. The van der Waals surface area contributed by atoms with Gasteiger partial charge in [-0.25, -0.2) is 4.79 Å². The van der Waals surface area contributed by atoms with Crippen molar-refractivity contribution in [3.8, 4) is 11.5 Å². The van der Waals surface area contributed by atoms with Gasteiger partial charge in [-0.15, -0.1) is 0 Å². The van der Waals surface area contributed by atoms with Crippen LogP contribution in [0, 0.1) is 5.92 Å². The summed E-state index contributed by atoms with van der Waals surface area (Å²) in [6, 6.07) is 21.4. The molecule has 254 valence electrons. The summed E-state index contributed by atoms with van der Waals surface area (Å²) in [7, 11) is 3.73. The average molecular weight is 647 g/mol. The van der Waals surface area contributed by atoms with Gasteiger partial charge in [0.15, 0.2) is 0 Å². The van der Waals surface area contributed by atoms with Gasteiger partial charge >= 0.3 is 6.03 Å². The Morgan fingerprint density at radius 3 is 2.47 bits per heavy atom. The molecule has 0 fully saturated rings. The van der Waals surface area contributed by atoms with E-state index in [-0.39, 0.29) is 30.6 Å². The van der Waals surface area contributed by atoms with Crippen LogP contribution in [0.1, 0.15) is 56.0 Å². The molecule has 0 saturated carbocycles. The molecule has 0 bridgehead atoms. The number of urea groups is 1. The first-order chi connectivity index (χ1) is 22.7. The molecule has 10 heteroatoms. The third kappa shape index (κ3) is 10.7. The van der Waals surface area contributed by atoms with Crippen LogP contribution in [0.15, 0.2) is 72.8 Å². The number of aliphatic hydroxyl groups is 1. The Bertz CT molecular complexity index is 1420. The number of anilines is 2. The molecule has 4 rings (SSSR count). The number of fused-ring (bicyclic) bond motifs is 1. The van der Waals surface area contributed by atoms with Crippen LogP contribution in [0.2, 0.25) is 0 Å². The van der Waals surface area contributed by atoms with Crippen LogP contribution in [0.25, 0.3) is 0 Å². The number of ether oxygens (including phenoxy) is 3. The van der Waals surface area contributed by atoms with E-state index in [4.69, 9.17) is 14.2 Å². The Kier molecular flexibility index (Phi) is 13.5. The third-order valence-electron chi connectivity index (χ3n) is 8.44. The SMILES string of the molecule is COc1ccc(CN(C)C[C@@H]2OCCCC[C@H](C)Oc3ccc(NC(=O)Nc4ccccc4)cc3C(=O)N([C@@H](C)CO)C[C@H]2C)cc1. The monoisotopic (exact) mass is 646 g/mol. The molecular weight excluding hydrogens is 596 g/mol. The number of benzene rings is 3. The van der Waals surface area contributed by atoms with Gasteiger partial charge in [-0.3, -0.25) is 9.69 Å². The van der Waals surface area contributed by atoms with Crippen molar-refractivity contribution in [3.05, 3.63) is 83.9 Å². The molecule has 3 aromatic carbocycles. The summed E-state index contributed by atoms with van der Waals surface area (Å²) >= 11 is 0. The Labute approximate surface area is 279 Å². The molecule has 3 aromatic rings. The van der Waals surface area contributed by atoms with Crippen molar-refractivity contribution in [2.24, 2.45) is 5.92 Å². The van der Waals surface area contributed by atoms with E-state index in [1.54, 1.807) is 42.3 Å². The highest BCUT2D eigenvalue weighted by molar-refractivity contribution is 6.02. The number of methoxy groups -OCH3 is 1. The number of carbonyl (C=O) groups excluding carboxylic acids is 2. The number of carbonyl (C=O) groups is 2. The van der Waals surface area contributed by atoms with Crippen molar-refractivity contribution in [2.75, 3.05) is 51.1 Å². The Morgan fingerprint density at radius 1 is 1.04 bits per heavy atom. The van der Waals surface area contributed by atoms with E-state index in [0.717, 1.165) is 31.6 Å². The summed E-state index contributed by atoms with van der Waals surface area (Å²) in [5.74, 6) is 0.941. The number of aliphatic hydroxyl groups excluding tert-OH is 1. The van der Waals surface area contributed by atoms with Gasteiger partial charge in [-0.05, 0) is 88.2 Å². The van der Waals surface area contributed by atoms with E-state index in [2.05, 4.69) is 41.6 Å². The first-order valence-electron chi connectivity index (χ1n) is 16.5. The smallest absolute Gasteiger partial charge is 0.323 e. The number of amides is 3. The minimum absolute atomic E-state index is 0.0459. The third-order valence-corrected chi connectivity index (χ3v) is 8.44. The van der Waals surface area contributed by atoms with Gasteiger partial charge in [0.1, 0.15) is 11.5 Å². The van der Waals surface area contributed by atoms with Crippen molar-refractivity contribution in [2.45, 2.75) is 64.8 Å². The number of nitrogens with zero attached hydrogens (tertiary/aromatic N) is 2. The van der Waals surface area contributed by atoms with E-state index in [9.17, 15) is 14.7 Å². The van der Waals surface area contributed by atoms with Crippen molar-refractivity contribution in [1.29, 1.82) is 0 Å². The number of likely N-dealkylation sites (N-methyl/N-ethyl adjacent to an activating group) is 1. The van der Waals surface area contributed by atoms with Gasteiger partial charge in [-0.2, -0.15) is 0 Å². The lowest BCUT2D eigenvalue weighted by atomic mass is 10.0. The molecule has 0 saturated heterocycles. The zero-order chi connectivity index (χ0) is 33.8. The summed E-state index contributed by atoms with van der Waals surface area (Å²) < 4.78 is 18.1. The van der Waals surface area contributed by atoms with Gasteiger partial charge in [0.2, 0.25) is 0 Å². The van der Waals surface area contributed by atoms with Crippen LogP contribution in [-0.4, -0.2) is 85.6 Å². The van der Waals surface area contributed by atoms with Crippen LogP contribution < -0.4 is 20.1 Å². The predicted molar refractivity (Wildman–Crippen MR) is 185 cm³/mol.